The molecule has 2 aromatic carbocycles. The van der Waals surface area contributed by atoms with Crippen LogP contribution in [0.1, 0.15) is 23.6 Å². The number of hydrogen-bond acceptors (Lipinski definition) is 6. The maximum atomic E-state index is 12.7. The molecule has 1 N–H and O–H groups in total. The number of hydrogen-bond donors (Lipinski definition) is 1. The monoisotopic (exact) mass is 445 g/mol. The second-order valence-electron chi connectivity index (χ2n) is 8.46. The molecule has 2 heterocycles. The highest BCUT2D eigenvalue weighted by Gasteiger charge is 2.20. The average molecular weight is 446 g/mol. The van der Waals surface area contributed by atoms with Gasteiger partial charge in [0.2, 0.25) is 0 Å². The molecule has 1 fully saturated rings. The van der Waals surface area contributed by atoms with E-state index in [-0.39, 0.29) is 5.91 Å². The van der Waals surface area contributed by atoms with Gasteiger partial charge in [-0.15, -0.1) is 0 Å². The van der Waals surface area contributed by atoms with Gasteiger partial charge in [-0.3, -0.25) is 9.69 Å². The van der Waals surface area contributed by atoms with Crippen molar-refractivity contribution in [2.45, 2.75) is 33.4 Å². The van der Waals surface area contributed by atoms with E-state index in [2.05, 4.69) is 49.4 Å². The molecule has 1 amide bonds. The fourth-order valence-corrected chi connectivity index (χ4v) is 3.89. The van der Waals surface area contributed by atoms with E-state index in [1.165, 1.54) is 11.9 Å². The minimum atomic E-state index is -0.648. The zero-order chi connectivity index (χ0) is 23.2. The standard InChI is InChI=1S/C26H31N5O2/c1-19-8-7-11-23(20(19)2)33-21(3)26(32)29-24-16-25(28-18-27-24)31-14-12-30(13-15-31)17-22-9-5-4-6-10-22/h4-11,16,18,21H,12-15,17H2,1-3H3,(H,27,28,29,32). The molecule has 0 aliphatic carbocycles. The number of benzene rings is 2. The fourth-order valence-electron chi connectivity index (χ4n) is 3.89. The number of carbonyl (C=O) groups is 1. The van der Waals surface area contributed by atoms with Gasteiger partial charge in [-0.05, 0) is 43.5 Å². The summed E-state index contributed by atoms with van der Waals surface area (Å²) in [4.78, 5) is 26.0. The van der Waals surface area contributed by atoms with Crippen LogP contribution in [0.3, 0.4) is 0 Å². The molecule has 1 aromatic heterocycles. The maximum Gasteiger partial charge on any atom is 0.266 e. The lowest BCUT2D eigenvalue weighted by Crippen LogP contribution is -2.46. The molecule has 0 saturated carbocycles. The van der Waals surface area contributed by atoms with Crippen LogP contribution in [0, 0.1) is 13.8 Å². The predicted octanol–water partition coefficient (Wildman–Crippen LogP) is 3.82. The van der Waals surface area contributed by atoms with Gasteiger partial charge in [-0.1, -0.05) is 42.5 Å². The van der Waals surface area contributed by atoms with Crippen LogP contribution in [0.15, 0.2) is 60.9 Å². The van der Waals surface area contributed by atoms with Gasteiger partial charge >= 0.3 is 0 Å². The summed E-state index contributed by atoms with van der Waals surface area (Å²) in [7, 11) is 0. The summed E-state index contributed by atoms with van der Waals surface area (Å²) >= 11 is 0. The summed E-state index contributed by atoms with van der Waals surface area (Å²) in [5, 5.41) is 2.86. The number of carbonyl (C=O) groups excluding carboxylic acids is 1. The Kier molecular flexibility index (Phi) is 7.19. The van der Waals surface area contributed by atoms with E-state index >= 15 is 0 Å². The van der Waals surface area contributed by atoms with Gasteiger partial charge in [0.1, 0.15) is 23.7 Å². The summed E-state index contributed by atoms with van der Waals surface area (Å²) in [5.41, 5.74) is 3.49. The number of ether oxygens (including phenoxy) is 1. The van der Waals surface area contributed by atoms with E-state index in [1.54, 1.807) is 6.92 Å². The van der Waals surface area contributed by atoms with E-state index < -0.39 is 6.10 Å². The number of amides is 1. The molecular formula is C26H31N5O2. The third kappa shape index (κ3) is 5.87. The predicted molar refractivity (Wildman–Crippen MR) is 131 cm³/mol. The molecule has 1 atom stereocenters. The van der Waals surface area contributed by atoms with Crippen molar-refractivity contribution in [3.8, 4) is 5.75 Å². The van der Waals surface area contributed by atoms with Crippen molar-refractivity contribution < 1.29 is 9.53 Å². The Bertz CT molecular complexity index is 1080. The molecule has 33 heavy (non-hydrogen) atoms. The Labute approximate surface area is 195 Å². The highest BCUT2D eigenvalue weighted by Crippen LogP contribution is 2.22. The van der Waals surface area contributed by atoms with E-state index in [4.69, 9.17) is 4.74 Å². The number of rotatable bonds is 7. The zero-order valence-electron chi connectivity index (χ0n) is 19.5. The molecule has 0 spiro atoms. The number of nitrogens with one attached hydrogen (secondary N) is 1. The van der Waals surface area contributed by atoms with Crippen molar-refractivity contribution in [1.82, 2.24) is 14.9 Å². The lowest BCUT2D eigenvalue weighted by Gasteiger charge is -2.35. The highest BCUT2D eigenvalue weighted by molar-refractivity contribution is 5.93. The fraction of sp³-hybridized carbons (Fsp3) is 0.346. The van der Waals surface area contributed by atoms with Crippen LogP contribution in [0.4, 0.5) is 11.6 Å². The van der Waals surface area contributed by atoms with Gasteiger partial charge < -0.3 is 15.0 Å². The first-order chi connectivity index (χ1) is 16.0. The first kappa shape index (κ1) is 22.7. The zero-order valence-corrected chi connectivity index (χ0v) is 19.5. The molecule has 1 saturated heterocycles. The third-order valence-electron chi connectivity index (χ3n) is 6.08. The quantitative estimate of drug-likeness (QED) is 0.596. The van der Waals surface area contributed by atoms with Crippen molar-refractivity contribution in [2.75, 3.05) is 36.4 Å². The normalized spacial score (nSPS) is 15.2. The van der Waals surface area contributed by atoms with Crippen molar-refractivity contribution in [3.05, 3.63) is 77.6 Å². The number of anilines is 2. The van der Waals surface area contributed by atoms with Gasteiger partial charge in [-0.25, -0.2) is 9.97 Å². The molecule has 3 aromatic rings. The minimum Gasteiger partial charge on any atom is -0.481 e. The number of aromatic nitrogens is 2. The summed E-state index contributed by atoms with van der Waals surface area (Å²) < 4.78 is 5.90. The Balaban J connectivity index is 1.32. The smallest absolute Gasteiger partial charge is 0.266 e. The van der Waals surface area contributed by atoms with Crippen molar-refractivity contribution in [1.29, 1.82) is 0 Å². The largest absolute Gasteiger partial charge is 0.481 e. The van der Waals surface area contributed by atoms with Crippen LogP contribution in [-0.4, -0.2) is 53.1 Å². The number of piperazine rings is 1. The molecule has 7 nitrogen and oxygen atoms in total. The Morgan fingerprint density at radius 3 is 2.55 bits per heavy atom. The lowest BCUT2D eigenvalue weighted by atomic mass is 10.1. The van der Waals surface area contributed by atoms with Gasteiger partial charge in [0.25, 0.3) is 5.91 Å². The Morgan fingerprint density at radius 2 is 1.79 bits per heavy atom. The lowest BCUT2D eigenvalue weighted by molar-refractivity contribution is -0.122. The van der Waals surface area contributed by atoms with E-state index in [9.17, 15) is 4.79 Å². The molecular weight excluding hydrogens is 414 g/mol. The van der Waals surface area contributed by atoms with Crippen LogP contribution in [-0.2, 0) is 11.3 Å². The minimum absolute atomic E-state index is 0.242. The van der Waals surface area contributed by atoms with E-state index in [1.807, 2.05) is 44.2 Å². The van der Waals surface area contributed by atoms with Crippen LogP contribution >= 0.6 is 0 Å². The Morgan fingerprint density at radius 1 is 1.03 bits per heavy atom. The van der Waals surface area contributed by atoms with Gasteiger partial charge in [-0.2, -0.15) is 0 Å². The first-order valence-corrected chi connectivity index (χ1v) is 11.4. The average Bonchev–Trinajstić information content (AvgIpc) is 2.83. The maximum absolute atomic E-state index is 12.7. The molecule has 172 valence electrons. The number of nitrogens with zero attached hydrogens (tertiary/aromatic N) is 4. The highest BCUT2D eigenvalue weighted by atomic mass is 16.5. The summed E-state index contributed by atoms with van der Waals surface area (Å²) in [6.45, 7) is 10.4. The van der Waals surface area contributed by atoms with E-state index in [0.717, 1.165) is 55.4 Å². The molecule has 1 aliphatic rings. The SMILES string of the molecule is Cc1cccc(OC(C)C(=O)Nc2cc(N3CCN(Cc4ccccc4)CC3)ncn2)c1C. The summed E-state index contributed by atoms with van der Waals surface area (Å²) in [6, 6.07) is 18.2. The van der Waals surface area contributed by atoms with E-state index in [0.29, 0.717) is 5.82 Å². The van der Waals surface area contributed by atoms with Crippen molar-refractivity contribution in [2.24, 2.45) is 0 Å². The van der Waals surface area contributed by atoms with Gasteiger partial charge in [0.05, 0.1) is 0 Å². The van der Waals surface area contributed by atoms with Gasteiger partial charge in [0, 0.05) is 38.8 Å². The molecule has 1 aliphatic heterocycles. The van der Waals surface area contributed by atoms with Crippen LogP contribution in [0.2, 0.25) is 0 Å². The molecule has 4 rings (SSSR count). The van der Waals surface area contributed by atoms with Gasteiger partial charge in [0.15, 0.2) is 6.10 Å². The van der Waals surface area contributed by atoms with Crippen LogP contribution in [0.5, 0.6) is 5.75 Å². The molecule has 7 heteroatoms. The van der Waals surface area contributed by atoms with Crippen molar-refractivity contribution >= 4 is 17.5 Å². The molecule has 0 bridgehead atoms. The van der Waals surface area contributed by atoms with Crippen LogP contribution < -0.4 is 15.0 Å². The molecule has 0 radical (unpaired) electrons. The first-order valence-electron chi connectivity index (χ1n) is 11.4. The summed E-state index contributed by atoms with van der Waals surface area (Å²) in [5.74, 6) is 1.78. The second kappa shape index (κ2) is 10.4. The van der Waals surface area contributed by atoms with Crippen LogP contribution in [0.25, 0.3) is 0 Å². The molecule has 1 unspecified atom stereocenters. The Hall–Kier alpha value is -3.45. The third-order valence-corrected chi connectivity index (χ3v) is 6.08. The second-order valence-corrected chi connectivity index (χ2v) is 8.46. The summed E-state index contributed by atoms with van der Waals surface area (Å²) in [6.07, 6.45) is 0.850. The number of aryl methyl sites for hydroxylation is 1. The topological polar surface area (TPSA) is 70.6 Å². The van der Waals surface area contributed by atoms with Crippen molar-refractivity contribution in [3.63, 3.8) is 0 Å².